The molecule has 0 unspecified atom stereocenters. The fourth-order valence-electron chi connectivity index (χ4n) is 4.94. The Morgan fingerprint density at radius 3 is 2.26 bits per heavy atom. The molecule has 1 N–H and O–H groups in total. The van der Waals surface area contributed by atoms with Crippen LogP contribution in [-0.4, -0.2) is 71.7 Å². The summed E-state index contributed by atoms with van der Waals surface area (Å²) in [5.41, 5.74) is 4.37. The molecule has 2 heterocycles. The van der Waals surface area contributed by atoms with Gasteiger partial charge in [-0.2, -0.15) is 0 Å². The van der Waals surface area contributed by atoms with Gasteiger partial charge in [-0.25, -0.2) is 15.0 Å². The summed E-state index contributed by atoms with van der Waals surface area (Å²) < 4.78 is 6.81. The maximum absolute atomic E-state index is 13.5. The molecule has 0 saturated carbocycles. The number of carbonyl (C=O) groups excluding carboxylic acids is 2. The van der Waals surface area contributed by atoms with Crippen molar-refractivity contribution >= 4 is 29.0 Å². The molecule has 0 bridgehead atoms. The Morgan fingerprint density at radius 2 is 1.60 bits per heavy atom. The second-order valence-corrected chi connectivity index (χ2v) is 10.3. The summed E-state index contributed by atoms with van der Waals surface area (Å²) in [5.74, 6) is -0.0576. The number of morpholine rings is 1. The summed E-state index contributed by atoms with van der Waals surface area (Å²) in [5, 5.41) is 6.49. The van der Waals surface area contributed by atoms with Gasteiger partial charge >= 0.3 is 0 Å². The summed E-state index contributed by atoms with van der Waals surface area (Å²) in [6, 6.07) is 21.8. The average Bonchev–Trinajstić information content (AvgIpc) is 3.01. The van der Waals surface area contributed by atoms with Crippen LogP contribution in [0.5, 0.6) is 0 Å². The molecule has 0 atom stereocenters. The number of ether oxygens (including phenoxy) is 1. The third-order valence-electron chi connectivity index (χ3n) is 7.19. The Balaban J connectivity index is 1.44. The maximum Gasteiger partial charge on any atom is 0.293 e. The van der Waals surface area contributed by atoms with Gasteiger partial charge < -0.3 is 19.5 Å². The number of hydrazine groups is 1. The van der Waals surface area contributed by atoms with Crippen LogP contribution in [0.15, 0.2) is 83.8 Å². The molecule has 1 fully saturated rings. The molecule has 1 aromatic heterocycles. The van der Waals surface area contributed by atoms with E-state index in [9.17, 15) is 14.4 Å². The molecule has 2 amide bonds. The van der Waals surface area contributed by atoms with E-state index in [2.05, 4.69) is 10.3 Å². The summed E-state index contributed by atoms with van der Waals surface area (Å²) >= 11 is 0. The van der Waals surface area contributed by atoms with Crippen LogP contribution in [0.3, 0.4) is 0 Å². The van der Waals surface area contributed by atoms with Crippen LogP contribution in [0.2, 0.25) is 0 Å². The van der Waals surface area contributed by atoms with Crippen LogP contribution in [-0.2, 0) is 11.8 Å². The van der Waals surface area contributed by atoms with E-state index < -0.39 is 0 Å². The standard InChI is InChI=1S/C32H34N6O4/c1-22-26(11-8-12-28(22)38(35(2)3)31(40)23-9-6-5-7-10-23)27-21-36(4)32(41)29(34-27)33-25-15-13-24(14-16-25)30(39)37-17-19-42-20-18-37/h5-16,21H,17-20H2,1-4H3,(H,33,34). The zero-order valence-corrected chi connectivity index (χ0v) is 24.2. The predicted octanol–water partition coefficient (Wildman–Crippen LogP) is 4.10. The lowest BCUT2D eigenvalue weighted by atomic mass is 10.0. The van der Waals surface area contributed by atoms with Gasteiger partial charge in [-0.1, -0.05) is 30.3 Å². The Morgan fingerprint density at radius 1 is 0.905 bits per heavy atom. The van der Waals surface area contributed by atoms with E-state index in [0.717, 1.165) is 11.1 Å². The molecule has 4 aromatic rings. The SMILES string of the molecule is Cc1c(-c2cn(C)c(=O)c(Nc3ccc(C(=O)N4CCOCC4)cc3)n2)cccc1N(C(=O)c1ccccc1)N(C)C. The second-order valence-electron chi connectivity index (χ2n) is 10.3. The molecule has 216 valence electrons. The zero-order chi connectivity index (χ0) is 29.8. The van der Waals surface area contributed by atoms with E-state index in [4.69, 9.17) is 4.74 Å². The van der Waals surface area contributed by atoms with Gasteiger partial charge in [0.05, 0.1) is 24.6 Å². The van der Waals surface area contributed by atoms with Crippen LogP contribution in [0.4, 0.5) is 17.2 Å². The zero-order valence-electron chi connectivity index (χ0n) is 24.2. The molecule has 1 saturated heterocycles. The highest BCUT2D eigenvalue weighted by Crippen LogP contribution is 2.31. The molecule has 0 radical (unpaired) electrons. The van der Waals surface area contributed by atoms with Gasteiger partial charge in [-0.15, -0.1) is 0 Å². The third-order valence-corrected chi connectivity index (χ3v) is 7.19. The van der Waals surface area contributed by atoms with Crippen molar-refractivity contribution in [1.29, 1.82) is 0 Å². The first kappa shape index (κ1) is 28.7. The Bertz CT molecular complexity index is 1640. The molecule has 10 nitrogen and oxygen atoms in total. The van der Waals surface area contributed by atoms with E-state index in [1.807, 2.05) is 57.4 Å². The van der Waals surface area contributed by atoms with Crippen LogP contribution in [0.25, 0.3) is 11.3 Å². The van der Waals surface area contributed by atoms with E-state index in [1.165, 1.54) is 4.57 Å². The number of nitrogens with one attached hydrogen (secondary N) is 1. The third kappa shape index (κ3) is 5.95. The molecular weight excluding hydrogens is 532 g/mol. The predicted molar refractivity (Wildman–Crippen MR) is 163 cm³/mol. The number of hydrogen-bond acceptors (Lipinski definition) is 7. The number of amides is 2. The summed E-state index contributed by atoms with van der Waals surface area (Å²) in [6.45, 7) is 4.15. The van der Waals surface area contributed by atoms with E-state index in [-0.39, 0.29) is 23.2 Å². The minimum absolute atomic E-state index is 0.0474. The van der Waals surface area contributed by atoms with E-state index in [0.29, 0.717) is 54.5 Å². The molecule has 5 rings (SSSR count). The number of nitrogens with zero attached hydrogens (tertiary/aromatic N) is 5. The topological polar surface area (TPSA) is 100 Å². The van der Waals surface area contributed by atoms with Crippen molar-refractivity contribution in [1.82, 2.24) is 19.5 Å². The molecule has 0 aliphatic carbocycles. The number of hydrogen-bond donors (Lipinski definition) is 1. The Labute approximate surface area is 244 Å². The van der Waals surface area contributed by atoms with Crippen molar-refractivity contribution in [3.8, 4) is 11.3 Å². The number of carbonyl (C=O) groups is 2. The van der Waals surface area contributed by atoms with Crippen molar-refractivity contribution in [2.75, 3.05) is 50.7 Å². The lowest BCUT2D eigenvalue weighted by Crippen LogP contribution is -2.42. The quantitative estimate of drug-likeness (QED) is 0.336. The fraction of sp³-hybridized carbons (Fsp3) is 0.250. The van der Waals surface area contributed by atoms with Gasteiger partial charge in [0.15, 0.2) is 5.82 Å². The van der Waals surface area contributed by atoms with Crippen LogP contribution < -0.4 is 15.9 Å². The van der Waals surface area contributed by atoms with Crippen LogP contribution in [0.1, 0.15) is 26.3 Å². The summed E-state index contributed by atoms with van der Waals surface area (Å²) in [6.07, 6.45) is 1.68. The first-order valence-electron chi connectivity index (χ1n) is 13.7. The summed E-state index contributed by atoms with van der Waals surface area (Å²) in [4.78, 5) is 45.8. The highest BCUT2D eigenvalue weighted by Gasteiger charge is 2.24. The molecule has 10 heteroatoms. The van der Waals surface area contributed by atoms with Crippen molar-refractivity contribution in [2.45, 2.75) is 6.92 Å². The van der Waals surface area contributed by atoms with Crippen molar-refractivity contribution in [3.05, 3.63) is 106 Å². The van der Waals surface area contributed by atoms with Crippen LogP contribution >= 0.6 is 0 Å². The number of benzene rings is 3. The fourth-order valence-corrected chi connectivity index (χ4v) is 4.94. The first-order valence-corrected chi connectivity index (χ1v) is 13.7. The average molecular weight is 567 g/mol. The maximum atomic E-state index is 13.5. The van der Waals surface area contributed by atoms with Crippen molar-refractivity contribution < 1.29 is 14.3 Å². The van der Waals surface area contributed by atoms with Crippen LogP contribution in [0, 0.1) is 6.92 Å². The van der Waals surface area contributed by atoms with Gasteiger partial charge in [0, 0.05) is 62.8 Å². The van der Waals surface area contributed by atoms with Gasteiger partial charge in [0.25, 0.3) is 17.4 Å². The monoisotopic (exact) mass is 566 g/mol. The number of rotatable bonds is 7. The Hall–Kier alpha value is -4.80. The lowest BCUT2D eigenvalue weighted by Gasteiger charge is -2.31. The van der Waals surface area contributed by atoms with Gasteiger partial charge in [-0.05, 0) is 55.0 Å². The second kappa shape index (κ2) is 12.4. The smallest absolute Gasteiger partial charge is 0.293 e. The minimum atomic E-state index is -0.296. The van der Waals surface area contributed by atoms with E-state index >= 15 is 0 Å². The largest absolute Gasteiger partial charge is 0.378 e. The lowest BCUT2D eigenvalue weighted by molar-refractivity contribution is 0.0303. The normalized spacial score (nSPS) is 13.2. The summed E-state index contributed by atoms with van der Waals surface area (Å²) in [7, 11) is 5.31. The first-order chi connectivity index (χ1) is 20.2. The molecule has 0 spiro atoms. The van der Waals surface area contributed by atoms with Gasteiger partial charge in [0.2, 0.25) is 0 Å². The van der Waals surface area contributed by atoms with Gasteiger partial charge in [-0.3, -0.25) is 14.4 Å². The number of aryl methyl sites for hydroxylation is 1. The van der Waals surface area contributed by atoms with Crippen molar-refractivity contribution in [3.63, 3.8) is 0 Å². The molecule has 1 aliphatic rings. The number of aromatic nitrogens is 2. The van der Waals surface area contributed by atoms with E-state index in [1.54, 1.807) is 64.6 Å². The van der Waals surface area contributed by atoms with Crippen molar-refractivity contribution in [2.24, 2.45) is 7.05 Å². The molecule has 3 aromatic carbocycles. The minimum Gasteiger partial charge on any atom is -0.378 e. The highest BCUT2D eigenvalue weighted by molar-refractivity contribution is 6.06. The molecular formula is C32H34N6O4. The molecule has 42 heavy (non-hydrogen) atoms. The number of anilines is 3. The molecule has 1 aliphatic heterocycles. The Kier molecular flexibility index (Phi) is 8.46. The van der Waals surface area contributed by atoms with Gasteiger partial charge in [0.1, 0.15) is 0 Å². The highest BCUT2D eigenvalue weighted by atomic mass is 16.5.